The van der Waals surface area contributed by atoms with E-state index in [0.717, 1.165) is 55.5 Å². The normalized spacial score (nSPS) is 23.0. The number of ketones is 3. The number of aliphatic hydroxyl groups is 1. The van der Waals surface area contributed by atoms with Crippen molar-refractivity contribution in [3.05, 3.63) is 131 Å². The predicted octanol–water partition coefficient (Wildman–Crippen LogP) is 4.61. The van der Waals surface area contributed by atoms with Gasteiger partial charge in [0.15, 0.2) is 24.0 Å². The van der Waals surface area contributed by atoms with Gasteiger partial charge in [0.1, 0.15) is 29.0 Å². The van der Waals surface area contributed by atoms with E-state index in [1.165, 1.54) is 32.2 Å². The van der Waals surface area contributed by atoms with Crippen molar-refractivity contribution in [1.29, 1.82) is 0 Å². The third kappa shape index (κ3) is 7.18. The first kappa shape index (κ1) is 41.1. The Morgan fingerprint density at radius 1 is 0.817 bits per heavy atom. The van der Waals surface area contributed by atoms with E-state index in [-0.39, 0.29) is 50.5 Å². The molecule has 6 atom stereocenters. The molecule has 1 fully saturated rings. The summed E-state index contributed by atoms with van der Waals surface area (Å²) in [6.07, 6.45) is -8.49. The predicted molar refractivity (Wildman–Crippen MR) is 201 cm³/mol. The summed E-state index contributed by atoms with van der Waals surface area (Å²) in [7, 11) is 1.28. The first-order chi connectivity index (χ1) is 28.4. The molecule has 1 aliphatic heterocycles. The van der Waals surface area contributed by atoms with Crippen molar-refractivity contribution in [2.24, 2.45) is 0 Å². The van der Waals surface area contributed by atoms with E-state index in [9.17, 15) is 59.5 Å². The Balaban J connectivity index is 1.25. The molecule has 19 heteroatoms. The SMILES string of the molecule is COc1cccc2c1C(=O)c1c(O)c3c(c(O)c1C2=O)C[C@@](O)(C(C)=O)C[C@@H]3O[C@@H]1C[C@H](OC(=O)c2ccc([N+](=O)[O-])cc2)[C@H](OC(=O)c2ccc([N+](=O)[O-])cc2)[C@@H](C)O1. The van der Waals surface area contributed by atoms with Crippen molar-refractivity contribution in [2.45, 2.75) is 69.4 Å². The maximum absolute atomic E-state index is 14.0. The van der Waals surface area contributed by atoms with E-state index >= 15 is 0 Å². The number of fused-ring (bicyclic) bond motifs is 3. The number of aromatic hydroxyl groups is 2. The molecule has 2 aliphatic carbocycles. The van der Waals surface area contributed by atoms with Crippen LogP contribution in [0.2, 0.25) is 0 Å². The smallest absolute Gasteiger partial charge is 0.338 e. The quantitative estimate of drug-likeness (QED) is 0.0750. The lowest BCUT2D eigenvalue weighted by Crippen LogP contribution is -2.52. The number of methoxy groups -OCH3 is 1. The van der Waals surface area contributed by atoms with Crippen LogP contribution in [-0.4, -0.2) is 91.8 Å². The number of phenolic OH excluding ortho intramolecular Hbond substituents is 2. The number of carbonyl (C=O) groups excluding carboxylic acids is 5. The summed E-state index contributed by atoms with van der Waals surface area (Å²) < 4.78 is 29.2. The largest absolute Gasteiger partial charge is 0.507 e. The zero-order valence-corrected chi connectivity index (χ0v) is 31.8. The van der Waals surface area contributed by atoms with Gasteiger partial charge >= 0.3 is 11.9 Å². The third-order valence-electron chi connectivity index (χ3n) is 10.8. The Bertz CT molecular complexity index is 2500. The Morgan fingerprint density at radius 2 is 1.38 bits per heavy atom. The van der Waals surface area contributed by atoms with Crippen molar-refractivity contribution < 1.29 is 72.8 Å². The highest BCUT2D eigenvalue weighted by Gasteiger charge is 2.50. The first-order valence-electron chi connectivity index (χ1n) is 18.3. The molecule has 3 aliphatic rings. The lowest BCUT2D eigenvalue weighted by atomic mass is 9.72. The van der Waals surface area contributed by atoms with Crippen LogP contribution in [0, 0.1) is 20.2 Å². The summed E-state index contributed by atoms with van der Waals surface area (Å²) in [5.74, 6) is -5.96. The monoisotopic (exact) mass is 826 g/mol. The molecule has 0 spiro atoms. The van der Waals surface area contributed by atoms with Crippen LogP contribution >= 0.6 is 0 Å². The Kier molecular flexibility index (Phi) is 10.7. The molecular weight excluding hydrogens is 792 g/mol. The van der Waals surface area contributed by atoms with Gasteiger partial charge in [-0.1, -0.05) is 12.1 Å². The van der Waals surface area contributed by atoms with Crippen LogP contribution in [0.3, 0.4) is 0 Å². The van der Waals surface area contributed by atoms with Crippen molar-refractivity contribution in [3.63, 3.8) is 0 Å². The molecule has 19 nitrogen and oxygen atoms in total. The molecule has 0 amide bonds. The number of benzene rings is 4. The zero-order chi connectivity index (χ0) is 43.4. The van der Waals surface area contributed by atoms with E-state index in [0.29, 0.717) is 0 Å². The second kappa shape index (κ2) is 15.6. The fraction of sp³-hybridized carbons (Fsp3) is 0.293. The molecule has 4 aromatic carbocycles. The van der Waals surface area contributed by atoms with E-state index in [4.69, 9.17) is 23.7 Å². The molecule has 0 unspecified atom stereocenters. The number of hydrogen-bond acceptors (Lipinski definition) is 17. The van der Waals surface area contributed by atoms with Crippen molar-refractivity contribution >= 4 is 40.7 Å². The van der Waals surface area contributed by atoms with Gasteiger partial charge in [0.2, 0.25) is 5.78 Å². The minimum atomic E-state index is -2.23. The molecule has 4 aromatic rings. The summed E-state index contributed by atoms with van der Waals surface area (Å²) in [4.78, 5) is 88.6. The second-order valence-electron chi connectivity index (χ2n) is 14.4. The number of ether oxygens (including phenoxy) is 5. The zero-order valence-electron chi connectivity index (χ0n) is 31.8. The number of non-ortho nitro benzene ring substituents is 2. The fourth-order valence-electron chi connectivity index (χ4n) is 7.69. The summed E-state index contributed by atoms with van der Waals surface area (Å²) in [6.45, 7) is 2.52. The van der Waals surface area contributed by atoms with Crippen molar-refractivity contribution in [3.8, 4) is 17.2 Å². The number of nitro groups is 2. The Hall–Kier alpha value is -7.09. The van der Waals surface area contributed by atoms with Gasteiger partial charge in [-0.2, -0.15) is 0 Å². The number of Topliss-reactive ketones (excluding diaryl/α,β-unsaturated/α-hetero) is 1. The van der Waals surface area contributed by atoms with Gasteiger partial charge < -0.3 is 39.0 Å². The minimum absolute atomic E-state index is 0.0228. The average molecular weight is 827 g/mol. The topological polar surface area (TPSA) is 278 Å². The standard InChI is InChI=1S/C41H34N2O17/c1-18-38(60-40(50)21-9-13-23(14-10-21)43(54)55)27(59-39(49)20-7-11-22(12-8-20)42(52)53)15-29(57-18)58-28-17-41(51,19(2)44)16-25-31(28)37(48)33-32(35(25)46)34(45)24-5-4-6-26(56-3)30(24)36(33)47/h4-14,18,27-29,38,46,48,51H,15-17H2,1-3H3/t18-,27+,28+,29-,38-,41+/m1/s1. The molecule has 0 aromatic heterocycles. The van der Waals surface area contributed by atoms with Crippen LogP contribution in [0.4, 0.5) is 11.4 Å². The lowest BCUT2D eigenvalue weighted by Gasteiger charge is -2.43. The van der Waals surface area contributed by atoms with E-state index in [2.05, 4.69) is 0 Å². The molecule has 1 heterocycles. The molecule has 0 bridgehead atoms. The highest BCUT2D eigenvalue weighted by Crippen LogP contribution is 2.52. The average Bonchev–Trinajstić information content (AvgIpc) is 3.21. The van der Waals surface area contributed by atoms with Crippen LogP contribution < -0.4 is 4.74 Å². The van der Waals surface area contributed by atoms with E-state index in [1.54, 1.807) is 0 Å². The van der Waals surface area contributed by atoms with Crippen molar-refractivity contribution in [1.82, 2.24) is 0 Å². The Labute approximate surface area is 338 Å². The van der Waals surface area contributed by atoms with Crippen molar-refractivity contribution in [2.75, 3.05) is 7.11 Å². The highest BCUT2D eigenvalue weighted by atomic mass is 16.7. The van der Waals surface area contributed by atoms with Gasteiger partial charge in [0.25, 0.3) is 11.4 Å². The summed E-state index contributed by atoms with van der Waals surface area (Å²) >= 11 is 0. The van der Waals surface area contributed by atoms with Gasteiger partial charge in [-0.15, -0.1) is 0 Å². The molecule has 0 saturated carbocycles. The van der Waals surface area contributed by atoms with Gasteiger partial charge in [-0.3, -0.25) is 34.6 Å². The number of rotatable bonds is 10. The van der Waals surface area contributed by atoms with E-state index in [1.807, 2.05) is 0 Å². The van der Waals surface area contributed by atoms with Crippen LogP contribution in [0.15, 0.2) is 66.7 Å². The van der Waals surface area contributed by atoms with Gasteiger partial charge in [-0.05, 0) is 44.2 Å². The molecule has 7 rings (SSSR count). The maximum Gasteiger partial charge on any atom is 0.338 e. The maximum atomic E-state index is 14.0. The molecule has 60 heavy (non-hydrogen) atoms. The second-order valence-corrected chi connectivity index (χ2v) is 14.4. The highest BCUT2D eigenvalue weighted by molar-refractivity contribution is 6.31. The number of esters is 2. The van der Waals surface area contributed by atoms with Crippen LogP contribution in [0.1, 0.15) is 96.5 Å². The fourth-order valence-corrected chi connectivity index (χ4v) is 7.69. The number of nitro benzene ring substituents is 2. The van der Waals surface area contributed by atoms with Gasteiger partial charge in [0, 0.05) is 60.2 Å². The summed E-state index contributed by atoms with van der Waals surface area (Å²) in [6, 6.07) is 13.2. The first-order valence-corrected chi connectivity index (χ1v) is 18.3. The minimum Gasteiger partial charge on any atom is -0.507 e. The van der Waals surface area contributed by atoms with Crippen LogP contribution in [0.5, 0.6) is 17.2 Å². The van der Waals surface area contributed by atoms with E-state index < -0.39 is 117 Å². The van der Waals surface area contributed by atoms with Crippen LogP contribution in [-0.2, 0) is 30.2 Å². The summed E-state index contributed by atoms with van der Waals surface area (Å²) in [5, 5.41) is 57.5. The number of phenols is 2. The molecule has 310 valence electrons. The molecular formula is C41H34N2O17. The molecule has 3 N–H and O–H groups in total. The number of nitrogens with zero attached hydrogens (tertiary/aromatic N) is 2. The number of carbonyl (C=O) groups is 5. The lowest BCUT2D eigenvalue weighted by molar-refractivity contribution is -0.385. The molecule has 1 saturated heterocycles. The number of hydrogen-bond donors (Lipinski definition) is 3. The van der Waals surface area contributed by atoms with Gasteiger partial charge in [-0.25, -0.2) is 9.59 Å². The summed E-state index contributed by atoms with van der Waals surface area (Å²) in [5.41, 5.74) is -4.95. The Morgan fingerprint density at radius 3 is 1.93 bits per heavy atom. The van der Waals surface area contributed by atoms with Crippen LogP contribution in [0.25, 0.3) is 0 Å². The third-order valence-corrected chi connectivity index (χ3v) is 10.8. The van der Waals surface area contributed by atoms with Gasteiger partial charge in [0.05, 0.1) is 57.0 Å². The molecule has 0 radical (unpaired) electrons.